The van der Waals surface area contributed by atoms with Crippen molar-refractivity contribution in [3.05, 3.63) is 34.7 Å². The second-order valence-corrected chi connectivity index (χ2v) is 21.2. The number of nitrogens with one attached hydrogen (secondary N) is 1. The molecule has 6 rings (SSSR count). The molecule has 2 amide bonds. The Hall–Kier alpha value is -3.38. The Morgan fingerprint density at radius 1 is 0.934 bits per heavy atom. The molecule has 3 saturated heterocycles. The zero-order valence-electron chi connectivity index (χ0n) is 36.6. The Morgan fingerprint density at radius 2 is 1.49 bits per heavy atom. The molecule has 1 aliphatic carbocycles. The highest BCUT2D eigenvalue weighted by molar-refractivity contribution is 7.54. The fourth-order valence-corrected chi connectivity index (χ4v) is 8.68. The number of benzene rings is 1. The molecular weight excluding hydrogens is 838 g/mol. The number of hydrogen-bond acceptors (Lipinski definition) is 14. The fourth-order valence-electron chi connectivity index (χ4n) is 6.50. The van der Waals surface area contributed by atoms with E-state index in [1.165, 1.54) is 79.6 Å². The molecule has 0 spiro atoms. The Labute approximate surface area is 361 Å². The SMILES string of the molecule is CC1CC1C[C@@H](C=O)NC(=O)c1cc2cc(C(F)(F)P(=O)(OCOC(=O)C(C)(C)C)OCOC(=O)C(C)(C)C)ccc2s1.CN1CCCC1.O=CN1CC(N2CCOCC2)C1. The van der Waals surface area contributed by atoms with Crippen LogP contribution in [0.2, 0.25) is 0 Å². The van der Waals surface area contributed by atoms with Gasteiger partial charge in [0.1, 0.15) is 6.29 Å². The quantitative estimate of drug-likeness (QED) is 0.0893. The average Bonchev–Trinajstić information content (AvgIpc) is 3.48. The minimum Gasteiger partial charge on any atom is -0.438 e. The van der Waals surface area contributed by atoms with E-state index in [9.17, 15) is 28.5 Å². The van der Waals surface area contributed by atoms with Crippen LogP contribution in [0.25, 0.3) is 10.1 Å². The summed E-state index contributed by atoms with van der Waals surface area (Å²) in [7, 11) is -3.32. The molecule has 1 aromatic heterocycles. The molecule has 4 heterocycles. The number of morpholine rings is 1. The van der Waals surface area contributed by atoms with Crippen LogP contribution in [0, 0.1) is 22.7 Å². The normalized spacial score (nSPS) is 20.6. The molecule has 61 heavy (non-hydrogen) atoms. The molecule has 3 aliphatic heterocycles. The third-order valence-corrected chi connectivity index (χ3v) is 13.7. The molecule has 0 radical (unpaired) electrons. The first-order chi connectivity index (χ1) is 28.6. The molecule has 2 unspecified atom stereocenters. The number of fused-ring (bicyclic) bond motifs is 1. The summed E-state index contributed by atoms with van der Waals surface area (Å²) < 4.78 is 70.6. The lowest BCUT2D eigenvalue weighted by Crippen LogP contribution is -2.60. The van der Waals surface area contributed by atoms with Crippen LogP contribution in [0.15, 0.2) is 24.3 Å². The van der Waals surface area contributed by atoms with Gasteiger partial charge in [-0.25, -0.2) is 0 Å². The van der Waals surface area contributed by atoms with Crippen molar-refractivity contribution in [2.45, 2.75) is 91.9 Å². The van der Waals surface area contributed by atoms with Crippen molar-refractivity contribution in [3.8, 4) is 0 Å². The maximum absolute atomic E-state index is 15.9. The lowest BCUT2D eigenvalue weighted by atomic mass is 9.98. The monoisotopic (exact) mass is 900 g/mol. The van der Waals surface area contributed by atoms with Crippen LogP contribution in [0.3, 0.4) is 0 Å². The van der Waals surface area contributed by atoms with Crippen LogP contribution in [0.1, 0.15) is 89.4 Å². The number of amides is 2. The highest BCUT2D eigenvalue weighted by atomic mass is 32.1. The van der Waals surface area contributed by atoms with E-state index < -0.39 is 67.1 Å². The van der Waals surface area contributed by atoms with E-state index in [2.05, 4.69) is 29.1 Å². The Morgan fingerprint density at radius 3 is 1.95 bits per heavy atom. The summed E-state index contributed by atoms with van der Waals surface area (Å²) in [6.45, 7) is 17.2. The van der Waals surface area contributed by atoms with Crippen molar-refractivity contribution in [2.24, 2.45) is 22.7 Å². The maximum Gasteiger partial charge on any atom is 0.410 e. The standard InChI is InChI=1S/C29H38F2NO9PS.C8H14N2O2.C5H11N/c1-17-10-18(17)12-21(14-33)32-24(34)23-13-19-11-20(8-9-22(19)43-23)29(30,31)42(37,40-15-38-25(35)27(2,3)4)41-16-39-26(36)28(5,6)7;11-7-9-5-8(6-9)10-1-3-12-4-2-10;1-6-4-2-3-5-6/h8-9,11,13-14,17-18,21H,10,12,15-16H2,1-7H3,(H,32,34);7-8H,1-6H2;2-5H2,1H3/t17?,18?,21-;;/m0../s1. The number of rotatable bonds is 15. The molecule has 3 atom stereocenters. The van der Waals surface area contributed by atoms with Gasteiger partial charge in [0.2, 0.25) is 20.0 Å². The smallest absolute Gasteiger partial charge is 0.410 e. The van der Waals surface area contributed by atoms with Gasteiger partial charge < -0.3 is 34.1 Å². The van der Waals surface area contributed by atoms with E-state index in [1.54, 1.807) is 4.90 Å². The number of halogens is 2. The summed E-state index contributed by atoms with van der Waals surface area (Å²) in [4.78, 5) is 65.6. The van der Waals surface area contributed by atoms with Gasteiger partial charge in [-0.1, -0.05) is 13.0 Å². The largest absolute Gasteiger partial charge is 0.438 e. The number of thiophene rings is 1. The summed E-state index contributed by atoms with van der Waals surface area (Å²) in [5.41, 5.74) is -7.05. The topological polar surface area (TPSA) is 170 Å². The van der Waals surface area contributed by atoms with Gasteiger partial charge in [-0.15, -0.1) is 11.3 Å². The van der Waals surface area contributed by atoms with Crippen molar-refractivity contribution in [1.82, 2.24) is 20.0 Å². The van der Waals surface area contributed by atoms with Crippen molar-refractivity contribution in [1.29, 1.82) is 0 Å². The Balaban J connectivity index is 0.000000368. The predicted octanol–water partition coefficient (Wildman–Crippen LogP) is 6.49. The van der Waals surface area contributed by atoms with Gasteiger partial charge in [0, 0.05) is 42.5 Å². The first-order valence-corrected chi connectivity index (χ1v) is 23.0. The molecule has 15 nitrogen and oxygen atoms in total. The van der Waals surface area contributed by atoms with E-state index in [4.69, 9.17) is 23.3 Å². The van der Waals surface area contributed by atoms with E-state index in [1.807, 2.05) is 0 Å². The summed E-state index contributed by atoms with van der Waals surface area (Å²) in [6, 6.07) is 4.69. The predicted molar refractivity (Wildman–Crippen MR) is 226 cm³/mol. The number of hydrogen-bond donors (Lipinski definition) is 1. The third kappa shape index (κ3) is 14.6. The van der Waals surface area contributed by atoms with Gasteiger partial charge in [0.05, 0.1) is 35.0 Å². The zero-order chi connectivity index (χ0) is 45.2. The molecule has 4 aliphatic rings. The van der Waals surface area contributed by atoms with Gasteiger partial charge >= 0.3 is 25.2 Å². The number of likely N-dealkylation sites (tertiary alicyclic amines) is 2. The molecule has 2 aromatic rings. The molecule has 1 N–H and O–H groups in total. The molecule has 342 valence electrons. The number of nitrogens with zero attached hydrogens (tertiary/aromatic N) is 3. The van der Waals surface area contributed by atoms with Crippen molar-refractivity contribution in [3.63, 3.8) is 0 Å². The van der Waals surface area contributed by atoms with E-state index in [0.29, 0.717) is 35.3 Å². The van der Waals surface area contributed by atoms with Gasteiger partial charge in [-0.05, 0) is 123 Å². The molecule has 1 aromatic carbocycles. The van der Waals surface area contributed by atoms with Gasteiger partial charge in [-0.2, -0.15) is 8.78 Å². The summed E-state index contributed by atoms with van der Waals surface area (Å²) in [5, 5.41) is 2.92. The van der Waals surface area contributed by atoms with Crippen molar-refractivity contribution < 1.29 is 60.6 Å². The fraction of sp³-hybridized carbons (Fsp3) is 0.690. The summed E-state index contributed by atoms with van der Waals surface area (Å²) >= 11 is 1.04. The number of carbonyl (C=O) groups excluding carboxylic acids is 5. The molecule has 19 heteroatoms. The van der Waals surface area contributed by atoms with Crippen LogP contribution in [-0.2, 0) is 52.7 Å². The molecule has 0 bridgehead atoms. The Kier molecular flexibility index (Phi) is 18.0. The van der Waals surface area contributed by atoms with Gasteiger partial charge in [0.15, 0.2) is 0 Å². The minimum absolute atomic E-state index is 0.199. The van der Waals surface area contributed by atoms with E-state index >= 15 is 8.78 Å². The molecular formula is C42H63F2N4O11PS. The number of alkyl halides is 2. The number of esters is 2. The summed E-state index contributed by atoms with van der Waals surface area (Å²) in [6.07, 6.45) is 5.96. The van der Waals surface area contributed by atoms with E-state index in [-0.39, 0.29) is 10.3 Å². The van der Waals surface area contributed by atoms with Crippen LogP contribution in [0.4, 0.5) is 8.78 Å². The zero-order valence-corrected chi connectivity index (χ0v) is 38.3. The molecule has 4 fully saturated rings. The highest BCUT2D eigenvalue weighted by Crippen LogP contribution is 2.67. The van der Waals surface area contributed by atoms with Gasteiger partial charge in [-0.3, -0.25) is 37.7 Å². The number of aldehydes is 1. The minimum atomic E-state index is -5.49. The lowest BCUT2D eigenvalue weighted by molar-refractivity contribution is -0.163. The van der Waals surface area contributed by atoms with Crippen LogP contribution in [0.5, 0.6) is 0 Å². The van der Waals surface area contributed by atoms with Crippen molar-refractivity contribution in [2.75, 3.05) is 73.1 Å². The number of ether oxygens (including phenoxy) is 3. The molecule has 1 saturated carbocycles. The second kappa shape index (κ2) is 21.8. The van der Waals surface area contributed by atoms with Crippen LogP contribution >= 0.6 is 18.9 Å². The van der Waals surface area contributed by atoms with Crippen molar-refractivity contribution >= 4 is 59.6 Å². The lowest BCUT2D eigenvalue weighted by Gasteiger charge is -2.44. The van der Waals surface area contributed by atoms with Crippen LogP contribution < -0.4 is 5.32 Å². The first-order valence-electron chi connectivity index (χ1n) is 20.7. The summed E-state index contributed by atoms with van der Waals surface area (Å²) in [5.74, 6) is -1.23. The Bertz CT molecular complexity index is 1820. The average molecular weight is 901 g/mol. The van der Waals surface area contributed by atoms with Crippen LogP contribution in [-0.4, -0.2) is 130 Å². The third-order valence-electron chi connectivity index (χ3n) is 10.7. The number of carbonyl (C=O) groups is 5. The maximum atomic E-state index is 15.9. The highest BCUT2D eigenvalue weighted by Gasteiger charge is 2.56. The second-order valence-electron chi connectivity index (χ2n) is 18.1. The van der Waals surface area contributed by atoms with Gasteiger partial charge in [0.25, 0.3) is 5.91 Å². The van der Waals surface area contributed by atoms with E-state index in [0.717, 1.165) is 75.7 Å². The first kappa shape index (κ1) is 50.3.